The van der Waals surface area contributed by atoms with Gasteiger partial charge in [-0.1, -0.05) is 27.7 Å². The number of aliphatic hydroxyl groups is 1. The second-order valence-corrected chi connectivity index (χ2v) is 12.9. The molecular formula is C29H38O9. The van der Waals surface area contributed by atoms with Gasteiger partial charge in [-0.2, -0.15) is 0 Å². The third-order valence-corrected chi connectivity index (χ3v) is 10.8. The molecule has 2 bridgehead atoms. The average molecular weight is 531 g/mol. The van der Waals surface area contributed by atoms with Gasteiger partial charge in [0.15, 0.2) is 0 Å². The molecule has 9 atom stereocenters. The summed E-state index contributed by atoms with van der Waals surface area (Å²) < 4.78 is 22.0. The molecule has 4 fully saturated rings. The lowest BCUT2D eigenvalue weighted by atomic mass is 9.36. The van der Waals surface area contributed by atoms with Crippen LogP contribution in [0, 0.1) is 39.9 Å². The second-order valence-electron chi connectivity index (χ2n) is 12.9. The molecule has 0 amide bonds. The van der Waals surface area contributed by atoms with Crippen molar-refractivity contribution in [3.05, 3.63) is 24.2 Å². The van der Waals surface area contributed by atoms with Gasteiger partial charge >= 0.3 is 17.9 Å². The van der Waals surface area contributed by atoms with E-state index in [1.807, 2.05) is 27.7 Å². The van der Waals surface area contributed by atoms with Gasteiger partial charge in [0, 0.05) is 47.0 Å². The van der Waals surface area contributed by atoms with E-state index >= 15 is 0 Å². The number of cyclic esters (lactones) is 1. The molecule has 2 heterocycles. The Balaban J connectivity index is 1.66. The van der Waals surface area contributed by atoms with Crippen molar-refractivity contribution in [1.29, 1.82) is 0 Å². The molecule has 38 heavy (non-hydrogen) atoms. The maximum Gasteiger partial charge on any atom is 0.306 e. The molecule has 1 saturated heterocycles. The molecule has 3 aliphatic carbocycles. The molecule has 4 aliphatic rings. The number of carbonyl (C=O) groups excluding carboxylic acids is 4. The zero-order valence-electron chi connectivity index (χ0n) is 22.9. The first-order chi connectivity index (χ1) is 17.7. The minimum absolute atomic E-state index is 0.0120. The van der Waals surface area contributed by atoms with Gasteiger partial charge in [-0.3, -0.25) is 19.2 Å². The van der Waals surface area contributed by atoms with Crippen LogP contribution in [0.15, 0.2) is 23.0 Å². The number of methoxy groups -OCH3 is 1. The molecule has 1 N–H and O–H groups in total. The first kappa shape index (κ1) is 26.9. The van der Waals surface area contributed by atoms with Crippen molar-refractivity contribution in [3.8, 4) is 0 Å². The highest BCUT2D eigenvalue weighted by atomic mass is 16.6. The monoisotopic (exact) mass is 530 g/mol. The number of fused-ring (bicyclic) bond motifs is 6. The molecule has 0 aromatic carbocycles. The number of rotatable bonds is 4. The Labute approximate surface area is 222 Å². The summed E-state index contributed by atoms with van der Waals surface area (Å²) in [5.41, 5.74) is -3.16. The van der Waals surface area contributed by atoms with Gasteiger partial charge in [0.05, 0.1) is 37.6 Å². The molecule has 5 rings (SSSR count). The van der Waals surface area contributed by atoms with Crippen molar-refractivity contribution in [2.45, 2.75) is 84.5 Å². The molecule has 0 unspecified atom stereocenters. The van der Waals surface area contributed by atoms with Crippen LogP contribution < -0.4 is 0 Å². The maximum atomic E-state index is 14.3. The molecular weight excluding hydrogens is 492 g/mol. The van der Waals surface area contributed by atoms with Crippen molar-refractivity contribution in [3.63, 3.8) is 0 Å². The van der Waals surface area contributed by atoms with E-state index in [4.69, 9.17) is 18.6 Å². The van der Waals surface area contributed by atoms with Gasteiger partial charge < -0.3 is 23.7 Å². The van der Waals surface area contributed by atoms with Crippen molar-refractivity contribution < 1.29 is 42.9 Å². The van der Waals surface area contributed by atoms with Crippen LogP contribution >= 0.6 is 0 Å². The Bertz CT molecular complexity index is 1150. The lowest BCUT2D eigenvalue weighted by Gasteiger charge is -2.69. The number of ether oxygens (including phenoxy) is 3. The maximum absolute atomic E-state index is 14.3. The Hall–Kier alpha value is -2.68. The van der Waals surface area contributed by atoms with E-state index in [-0.39, 0.29) is 25.0 Å². The standard InChI is InChI=1S/C29H38O9/c1-15(30)37-25-17-13-29(34)18(28(5,23(17)33)19(26(25,2)3)11-21(31)35-6)7-9-27(4)20(29)12-22(32)38-24(27)16-8-10-36-14-16/h8,10,14,17-20,24-25,34H,7,9,11-13H2,1-6H3/t17-,18-,19+,20-,24+,25-,27-,28-,29-/m1/s1. The smallest absolute Gasteiger partial charge is 0.306 e. The molecule has 1 aliphatic heterocycles. The molecule has 1 aromatic heterocycles. The lowest BCUT2D eigenvalue weighted by Crippen LogP contribution is -2.75. The predicted molar refractivity (Wildman–Crippen MR) is 132 cm³/mol. The fourth-order valence-electron chi connectivity index (χ4n) is 9.18. The van der Waals surface area contributed by atoms with Crippen LogP contribution in [-0.2, 0) is 33.4 Å². The van der Waals surface area contributed by atoms with Crippen LogP contribution in [-0.4, -0.2) is 47.6 Å². The quantitative estimate of drug-likeness (QED) is 0.457. The van der Waals surface area contributed by atoms with Gasteiger partial charge in [-0.05, 0) is 31.2 Å². The summed E-state index contributed by atoms with van der Waals surface area (Å²) in [6, 6.07) is 1.77. The highest BCUT2D eigenvalue weighted by molar-refractivity contribution is 5.92. The SMILES string of the molecule is COC(=O)C[C@H]1C(C)(C)[C@H](OC(C)=O)[C@@H]2C[C@]3(O)[C@@H]4CC(=O)O[C@@H](c5ccoc5)[C@]4(C)CC[C@@H]3[C@@]1(C)C2=O. The summed E-state index contributed by atoms with van der Waals surface area (Å²) in [6.07, 6.45) is 2.81. The van der Waals surface area contributed by atoms with Gasteiger partial charge in [0.2, 0.25) is 0 Å². The summed E-state index contributed by atoms with van der Waals surface area (Å²) in [7, 11) is 1.31. The number of ketones is 1. The fourth-order valence-corrected chi connectivity index (χ4v) is 9.18. The van der Waals surface area contributed by atoms with E-state index in [0.29, 0.717) is 12.8 Å². The average Bonchev–Trinajstić information content (AvgIpc) is 3.37. The molecule has 0 spiro atoms. The topological polar surface area (TPSA) is 129 Å². The second kappa shape index (κ2) is 8.66. The van der Waals surface area contributed by atoms with Crippen LogP contribution in [0.3, 0.4) is 0 Å². The van der Waals surface area contributed by atoms with Crippen LogP contribution in [0.5, 0.6) is 0 Å². The number of hydrogen-bond acceptors (Lipinski definition) is 9. The van der Waals surface area contributed by atoms with Crippen molar-refractivity contribution in [2.75, 3.05) is 7.11 Å². The predicted octanol–water partition coefficient (Wildman–Crippen LogP) is 3.78. The van der Waals surface area contributed by atoms with Gasteiger partial charge in [-0.15, -0.1) is 0 Å². The number of hydrogen-bond donors (Lipinski definition) is 1. The third kappa shape index (κ3) is 3.53. The Morgan fingerprint density at radius 3 is 2.47 bits per heavy atom. The Kier molecular flexibility index (Phi) is 6.13. The van der Waals surface area contributed by atoms with Gasteiger partial charge in [0.25, 0.3) is 0 Å². The lowest BCUT2D eigenvalue weighted by molar-refractivity contribution is -0.278. The molecule has 0 radical (unpaired) electrons. The number of Topliss-reactive ketones (excluding diaryl/α,β-unsaturated/α-hetero) is 1. The third-order valence-electron chi connectivity index (χ3n) is 10.8. The molecule has 3 saturated carbocycles. The molecule has 9 nitrogen and oxygen atoms in total. The highest BCUT2D eigenvalue weighted by Gasteiger charge is 2.75. The van der Waals surface area contributed by atoms with Crippen LogP contribution in [0.25, 0.3) is 0 Å². The first-order valence-corrected chi connectivity index (χ1v) is 13.4. The molecule has 9 heteroatoms. The summed E-state index contributed by atoms with van der Waals surface area (Å²) in [5, 5.41) is 12.8. The van der Waals surface area contributed by atoms with E-state index in [2.05, 4.69) is 0 Å². The summed E-state index contributed by atoms with van der Waals surface area (Å²) >= 11 is 0. The van der Waals surface area contributed by atoms with Crippen molar-refractivity contribution in [1.82, 2.24) is 0 Å². The van der Waals surface area contributed by atoms with E-state index in [1.165, 1.54) is 20.3 Å². The van der Waals surface area contributed by atoms with E-state index in [1.54, 1.807) is 12.3 Å². The molecule has 208 valence electrons. The zero-order valence-corrected chi connectivity index (χ0v) is 22.9. The van der Waals surface area contributed by atoms with Crippen LogP contribution in [0.1, 0.15) is 78.4 Å². The van der Waals surface area contributed by atoms with E-state index in [9.17, 15) is 24.3 Å². The summed E-state index contributed by atoms with van der Waals surface area (Å²) in [5.74, 6) is -3.85. The number of furan rings is 1. The summed E-state index contributed by atoms with van der Waals surface area (Å²) in [6.45, 7) is 9.04. The minimum Gasteiger partial charge on any atom is -0.472 e. The largest absolute Gasteiger partial charge is 0.472 e. The van der Waals surface area contributed by atoms with E-state index in [0.717, 1.165) is 5.56 Å². The van der Waals surface area contributed by atoms with Crippen LogP contribution in [0.2, 0.25) is 0 Å². The zero-order chi connectivity index (χ0) is 27.8. The Morgan fingerprint density at radius 2 is 1.87 bits per heavy atom. The molecule has 1 aromatic rings. The first-order valence-electron chi connectivity index (χ1n) is 13.4. The van der Waals surface area contributed by atoms with Crippen molar-refractivity contribution in [2.24, 2.45) is 39.9 Å². The number of carbonyl (C=O) groups is 4. The summed E-state index contributed by atoms with van der Waals surface area (Å²) in [4.78, 5) is 52.2. The number of esters is 3. The van der Waals surface area contributed by atoms with E-state index < -0.39 is 75.6 Å². The minimum atomic E-state index is -1.43. The van der Waals surface area contributed by atoms with Crippen LogP contribution in [0.4, 0.5) is 0 Å². The fraction of sp³-hybridized carbons (Fsp3) is 0.724. The normalized spacial score (nSPS) is 43.3. The highest BCUT2D eigenvalue weighted by Crippen LogP contribution is 2.71. The Morgan fingerprint density at radius 1 is 1.16 bits per heavy atom. The van der Waals surface area contributed by atoms with Crippen molar-refractivity contribution >= 4 is 23.7 Å². The van der Waals surface area contributed by atoms with Gasteiger partial charge in [0.1, 0.15) is 18.0 Å². The van der Waals surface area contributed by atoms with Gasteiger partial charge in [-0.25, -0.2) is 0 Å².